The molecule has 20 heavy (non-hydrogen) atoms. The second-order valence-electron chi connectivity index (χ2n) is 4.63. The van der Waals surface area contributed by atoms with Gasteiger partial charge in [0.05, 0.1) is 11.4 Å². The van der Waals surface area contributed by atoms with Crippen molar-refractivity contribution in [2.75, 3.05) is 10.2 Å². The zero-order valence-corrected chi connectivity index (χ0v) is 10.9. The van der Waals surface area contributed by atoms with E-state index in [4.69, 9.17) is 0 Å². The van der Waals surface area contributed by atoms with Gasteiger partial charge in [-0.05, 0) is 24.3 Å². The van der Waals surface area contributed by atoms with Crippen LogP contribution in [0.1, 0.15) is 12.8 Å². The van der Waals surface area contributed by atoms with Gasteiger partial charge in [0.1, 0.15) is 0 Å². The monoisotopic (exact) mass is 266 g/mol. The molecule has 4 heteroatoms. The number of carbonyl (C=O) groups is 2. The minimum Gasteiger partial charge on any atom is -0.354 e. The summed E-state index contributed by atoms with van der Waals surface area (Å²) in [5.41, 5.74) is 2.28. The maximum atomic E-state index is 11.9. The Morgan fingerprint density at radius 1 is 0.800 bits per heavy atom. The zero-order chi connectivity index (χ0) is 13.9. The van der Waals surface area contributed by atoms with Gasteiger partial charge in [-0.3, -0.25) is 9.59 Å². The molecule has 1 fully saturated rings. The van der Waals surface area contributed by atoms with Crippen LogP contribution >= 0.6 is 0 Å². The van der Waals surface area contributed by atoms with E-state index in [0.29, 0.717) is 18.5 Å². The van der Waals surface area contributed by atoms with Crippen molar-refractivity contribution in [3.05, 3.63) is 54.6 Å². The number of nitrogens with zero attached hydrogens (tertiary/aromatic N) is 1. The molecule has 2 amide bonds. The van der Waals surface area contributed by atoms with E-state index in [1.807, 2.05) is 48.5 Å². The molecule has 0 spiro atoms. The summed E-state index contributed by atoms with van der Waals surface area (Å²) in [7, 11) is 0. The molecule has 0 saturated carbocycles. The summed E-state index contributed by atoms with van der Waals surface area (Å²) in [4.78, 5) is 25.0. The summed E-state index contributed by atoms with van der Waals surface area (Å²) in [5.74, 6) is -0.283. The smallest absolute Gasteiger partial charge is 0.234 e. The van der Waals surface area contributed by atoms with Crippen molar-refractivity contribution in [2.45, 2.75) is 12.8 Å². The fourth-order valence-corrected chi connectivity index (χ4v) is 2.30. The van der Waals surface area contributed by atoms with Crippen LogP contribution in [0.4, 0.5) is 17.1 Å². The molecule has 1 aliphatic heterocycles. The summed E-state index contributed by atoms with van der Waals surface area (Å²) >= 11 is 0. The topological polar surface area (TPSA) is 49.4 Å². The molecule has 4 nitrogen and oxygen atoms in total. The van der Waals surface area contributed by atoms with Crippen molar-refractivity contribution in [3.8, 4) is 0 Å². The zero-order valence-electron chi connectivity index (χ0n) is 10.9. The molecule has 3 rings (SSSR count). The van der Waals surface area contributed by atoms with Crippen molar-refractivity contribution >= 4 is 28.9 Å². The molecule has 1 aliphatic rings. The molecule has 0 radical (unpaired) electrons. The third-order valence-corrected chi connectivity index (χ3v) is 3.25. The van der Waals surface area contributed by atoms with Gasteiger partial charge in [-0.25, -0.2) is 4.90 Å². The maximum absolute atomic E-state index is 11.9. The number of imide groups is 1. The van der Waals surface area contributed by atoms with Crippen LogP contribution < -0.4 is 10.2 Å². The predicted octanol–water partition coefficient (Wildman–Crippen LogP) is 3.08. The Balaban J connectivity index is 1.96. The Labute approximate surface area is 117 Å². The van der Waals surface area contributed by atoms with Crippen LogP contribution in [0, 0.1) is 0 Å². The SMILES string of the molecule is O=C1CCC(=O)N1c1ccccc1Nc1ccccc1. The Kier molecular flexibility index (Phi) is 3.21. The van der Waals surface area contributed by atoms with Crippen LogP contribution in [0.25, 0.3) is 0 Å². The minimum atomic E-state index is -0.141. The number of rotatable bonds is 3. The number of hydrogen-bond acceptors (Lipinski definition) is 3. The molecule has 0 bridgehead atoms. The molecule has 0 aliphatic carbocycles. The fraction of sp³-hybridized carbons (Fsp3) is 0.125. The Hall–Kier alpha value is -2.62. The number of anilines is 3. The number of carbonyl (C=O) groups excluding carboxylic acids is 2. The van der Waals surface area contributed by atoms with E-state index in [2.05, 4.69) is 5.32 Å². The number of para-hydroxylation sites is 3. The lowest BCUT2D eigenvalue weighted by molar-refractivity contribution is -0.121. The molecular weight excluding hydrogens is 252 g/mol. The van der Waals surface area contributed by atoms with Crippen molar-refractivity contribution in [1.29, 1.82) is 0 Å². The first-order chi connectivity index (χ1) is 9.75. The molecule has 0 aromatic heterocycles. The quantitative estimate of drug-likeness (QED) is 0.868. The van der Waals surface area contributed by atoms with E-state index < -0.39 is 0 Å². The Morgan fingerprint density at radius 2 is 1.40 bits per heavy atom. The van der Waals surface area contributed by atoms with Crippen LogP contribution in [-0.4, -0.2) is 11.8 Å². The van der Waals surface area contributed by atoms with Crippen molar-refractivity contribution in [2.24, 2.45) is 0 Å². The van der Waals surface area contributed by atoms with Crippen molar-refractivity contribution in [3.63, 3.8) is 0 Å². The minimum absolute atomic E-state index is 0.141. The molecular formula is C16H14N2O2. The van der Waals surface area contributed by atoms with Crippen LogP contribution in [0.5, 0.6) is 0 Å². The molecule has 1 N–H and O–H groups in total. The molecule has 0 unspecified atom stereocenters. The lowest BCUT2D eigenvalue weighted by Gasteiger charge is -2.19. The predicted molar refractivity (Wildman–Crippen MR) is 77.9 cm³/mol. The number of benzene rings is 2. The Bertz CT molecular complexity index is 637. The van der Waals surface area contributed by atoms with Crippen molar-refractivity contribution in [1.82, 2.24) is 0 Å². The highest BCUT2D eigenvalue weighted by molar-refractivity contribution is 6.21. The van der Waals surface area contributed by atoms with Gasteiger partial charge < -0.3 is 5.32 Å². The van der Waals surface area contributed by atoms with Gasteiger partial charge >= 0.3 is 0 Å². The van der Waals surface area contributed by atoms with Gasteiger partial charge in [-0.15, -0.1) is 0 Å². The van der Waals surface area contributed by atoms with Gasteiger partial charge in [0.2, 0.25) is 11.8 Å². The van der Waals surface area contributed by atoms with Crippen LogP contribution in [0.2, 0.25) is 0 Å². The van der Waals surface area contributed by atoms with Gasteiger partial charge in [0.15, 0.2) is 0 Å². The molecule has 2 aromatic rings. The third-order valence-electron chi connectivity index (χ3n) is 3.25. The number of nitrogens with one attached hydrogen (secondary N) is 1. The van der Waals surface area contributed by atoms with Gasteiger partial charge in [-0.2, -0.15) is 0 Å². The molecule has 2 aromatic carbocycles. The fourth-order valence-electron chi connectivity index (χ4n) is 2.30. The maximum Gasteiger partial charge on any atom is 0.234 e. The summed E-state index contributed by atoms with van der Waals surface area (Å²) in [6, 6.07) is 17.0. The van der Waals surface area contributed by atoms with Gasteiger partial charge in [-0.1, -0.05) is 30.3 Å². The largest absolute Gasteiger partial charge is 0.354 e. The molecule has 1 heterocycles. The third kappa shape index (κ3) is 2.28. The standard InChI is InChI=1S/C16H14N2O2/c19-15-10-11-16(20)18(15)14-9-5-4-8-13(14)17-12-6-2-1-3-7-12/h1-9,17H,10-11H2. The first-order valence-electron chi connectivity index (χ1n) is 6.52. The van der Waals surface area contributed by atoms with Gasteiger partial charge in [0, 0.05) is 18.5 Å². The summed E-state index contributed by atoms with van der Waals surface area (Å²) in [6.45, 7) is 0. The average molecular weight is 266 g/mol. The summed E-state index contributed by atoms with van der Waals surface area (Å²) < 4.78 is 0. The Morgan fingerprint density at radius 3 is 2.10 bits per heavy atom. The van der Waals surface area contributed by atoms with E-state index in [1.54, 1.807) is 6.07 Å². The second kappa shape index (κ2) is 5.17. The van der Waals surface area contributed by atoms with E-state index in [9.17, 15) is 9.59 Å². The first-order valence-corrected chi connectivity index (χ1v) is 6.52. The van der Waals surface area contributed by atoms with Crippen molar-refractivity contribution < 1.29 is 9.59 Å². The lowest BCUT2D eigenvalue weighted by atomic mass is 10.2. The first kappa shape index (κ1) is 12.4. The van der Waals surface area contributed by atoms with E-state index in [0.717, 1.165) is 11.4 Å². The number of amides is 2. The van der Waals surface area contributed by atoms with Crippen LogP contribution in [0.15, 0.2) is 54.6 Å². The lowest BCUT2D eigenvalue weighted by Crippen LogP contribution is -2.29. The van der Waals surface area contributed by atoms with E-state index in [-0.39, 0.29) is 11.8 Å². The summed E-state index contributed by atoms with van der Waals surface area (Å²) in [6.07, 6.45) is 0.580. The highest BCUT2D eigenvalue weighted by Crippen LogP contribution is 2.31. The number of hydrogen-bond donors (Lipinski definition) is 1. The second-order valence-corrected chi connectivity index (χ2v) is 4.63. The van der Waals surface area contributed by atoms with Gasteiger partial charge in [0.25, 0.3) is 0 Å². The highest BCUT2D eigenvalue weighted by atomic mass is 16.2. The molecule has 100 valence electrons. The molecule has 1 saturated heterocycles. The normalized spacial score (nSPS) is 14.7. The highest BCUT2D eigenvalue weighted by Gasteiger charge is 2.31. The molecule has 0 atom stereocenters. The van der Waals surface area contributed by atoms with E-state index >= 15 is 0 Å². The van der Waals surface area contributed by atoms with Crippen LogP contribution in [-0.2, 0) is 9.59 Å². The van der Waals surface area contributed by atoms with E-state index in [1.165, 1.54) is 4.90 Å². The average Bonchev–Trinajstić information content (AvgIpc) is 2.80. The summed E-state index contributed by atoms with van der Waals surface area (Å²) in [5, 5.41) is 3.24. The van der Waals surface area contributed by atoms with Crippen LogP contribution in [0.3, 0.4) is 0 Å².